The molecule has 62 heavy (non-hydrogen) atoms. The number of unbranched alkanes of at least 4 members (excludes halogenated alkanes) is 30. The summed E-state index contributed by atoms with van der Waals surface area (Å²) in [6.07, 6.45) is 48.3. The molecule has 0 aliphatic carbocycles. The average molecular weight is 874 g/mol. The summed E-state index contributed by atoms with van der Waals surface area (Å²) in [5.74, 6) is 0.843. The zero-order valence-corrected chi connectivity index (χ0v) is 43.1. The van der Waals surface area contributed by atoms with Crippen molar-refractivity contribution in [3.05, 3.63) is 0 Å². The summed E-state index contributed by atoms with van der Waals surface area (Å²) in [6.45, 7) is 21.8. The smallest absolute Gasteiger partial charge is 0.236 e. The summed E-state index contributed by atoms with van der Waals surface area (Å²) in [4.78, 5) is 37.7. The van der Waals surface area contributed by atoms with Crippen LogP contribution in [0.5, 0.6) is 0 Å². The largest absolute Gasteiger partial charge is 0.342 e. The maximum absolute atomic E-state index is 14.0. The molecule has 0 saturated carbocycles. The molecule has 1 amide bonds. The van der Waals surface area contributed by atoms with Gasteiger partial charge in [-0.3, -0.25) is 19.4 Å². The third-order valence-electron chi connectivity index (χ3n) is 14.2. The second kappa shape index (κ2) is 45.2. The molecule has 0 aromatic carbocycles. The Morgan fingerprint density at radius 3 is 0.919 bits per heavy atom. The molecular weight excluding hydrogens is 761 g/mol. The second-order valence-corrected chi connectivity index (χ2v) is 20.1. The fraction of sp³-hybridized carbons (Fsp3) is 0.964. The van der Waals surface area contributed by atoms with Crippen molar-refractivity contribution in [1.29, 1.82) is 0 Å². The molecule has 6 heteroatoms. The lowest BCUT2D eigenvalue weighted by Gasteiger charge is -2.34. The van der Waals surface area contributed by atoms with Crippen molar-refractivity contribution in [3.8, 4) is 0 Å². The minimum atomic E-state index is 0.111. The highest BCUT2D eigenvalue weighted by atomic mass is 16.2. The van der Waals surface area contributed by atoms with Gasteiger partial charge in [-0.1, -0.05) is 227 Å². The van der Waals surface area contributed by atoms with Gasteiger partial charge >= 0.3 is 0 Å². The minimum Gasteiger partial charge on any atom is -0.342 e. The van der Waals surface area contributed by atoms with Gasteiger partial charge in [0, 0.05) is 32.1 Å². The summed E-state index contributed by atoms with van der Waals surface area (Å²) in [6, 6.07) is 0. The number of Topliss-reactive ketones (excluding diaryl/α,β-unsaturated/α-hetero) is 1. The Balaban J connectivity index is 2.77. The number of hydrogen-bond donors (Lipinski definition) is 0. The van der Waals surface area contributed by atoms with Gasteiger partial charge in [-0.25, -0.2) is 0 Å². The van der Waals surface area contributed by atoms with E-state index in [0.29, 0.717) is 24.8 Å². The molecule has 1 fully saturated rings. The fourth-order valence-electron chi connectivity index (χ4n) is 9.71. The van der Waals surface area contributed by atoms with E-state index in [-0.39, 0.29) is 5.92 Å². The summed E-state index contributed by atoms with van der Waals surface area (Å²) in [5, 5.41) is 0. The molecule has 0 aromatic rings. The van der Waals surface area contributed by atoms with Crippen LogP contribution < -0.4 is 0 Å². The van der Waals surface area contributed by atoms with Crippen molar-refractivity contribution < 1.29 is 9.59 Å². The van der Waals surface area contributed by atoms with E-state index in [4.69, 9.17) is 0 Å². The molecule has 0 radical (unpaired) electrons. The molecule has 1 rings (SSSR count). The first-order valence-electron chi connectivity index (χ1n) is 28.5. The summed E-state index contributed by atoms with van der Waals surface area (Å²) < 4.78 is 0. The van der Waals surface area contributed by atoms with Gasteiger partial charge in [0.05, 0.1) is 13.1 Å². The van der Waals surface area contributed by atoms with Crippen LogP contribution in [0.15, 0.2) is 0 Å². The normalized spacial score (nSPS) is 13.7. The third kappa shape index (κ3) is 35.3. The number of nitrogens with zero attached hydrogens (tertiary/aromatic N) is 4. The molecule has 6 nitrogen and oxygen atoms in total. The lowest BCUT2D eigenvalue weighted by atomic mass is 9.92. The third-order valence-corrected chi connectivity index (χ3v) is 14.2. The van der Waals surface area contributed by atoms with Crippen molar-refractivity contribution in [2.45, 2.75) is 272 Å². The Morgan fingerprint density at radius 1 is 0.339 bits per heavy atom. The number of piperidine rings is 1. The van der Waals surface area contributed by atoms with Crippen LogP contribution in [0.4, 0.5) is 0 Å². The van der Waals surface area contributed by atoms with Crippen LogP contribution in [0.1, 0.15) is 272 Å². The van der Waals surface area contributed by atoms with Crippen LogP contribution in [0.2, 0.25) is 0 Å². The topological polar surface area (TPSA) is 47.1 Å². The van der Waals surface area contributed by atoms with E-state index in [1.807, 2.05) is 0 Å². The van der Waals surface area contributed by atoms with E-state index in [2.05, 4.69) is 54.2 Å². The number of ketones is 1. The molecule has 1 aliphatic rings. The van der Waals surface area contributed by atoms with Gasteiger partial charge in [-0.05, 0) is 77.7 Å². The zero-order valence-electron chi connectivity index (χ0n) is 43.1. The van der Waals surface area contributed by atoms with Gasteiger partial charge in [-0.15, -0.1) is 0 Å². The molecule has 0 spiro atoms. The maximum Gasteiger partial charge on any atom is 0.236 e. The van der Waals surface area contributed by atoms with Crippen LogP contribution >= 0.6 is 0 Å². The van der Waals surface area contributed by atoms with Gasteiger partial charge in [-0.2, -0.15) is 0 Å². The highest BCUT2D eigenvalue weighted by Gasteiger charge is 2.29. The first-order chi connectivity index (χ1) is 30.5. The molecular formula is C56H112N4O2. The predicted octanol–water partition coefficient (Wildman–Crippen LogP) is 15.5. The summed E-state index contributed by atoms with van der Waals surface area (Å²) in [7, 11) is 0. The second-order valence-electron chi connectivity index (χ2n) is 20.1. The van der Waals surface area contributed by atoms with E-state index in [1.165, 1.54) is 238 Å². The van der Waals surface area contributed by atoms with E-state index < -0.39 is 0 Å². The fourth-order valence-corrected chi connectivity index (χ4v) is 9.71. The number of amides is 1. The van der Waals surface area contributed by atoms with Crippen LogP contribution in [-0.4, -0.2) is 103 Å². The molecule has 0 N–H and O–H groups in total. The number of carbonyl (C=O) groups is 2. The standard InChI is InChI=1S/C56H112N4O2/c1-6-11-16-21-26-31-36-43-57(44-37-32-27-22-17-12-7-2)50-51-59(47-40-35-30-25-20-15-10-5)53-56(62)60-48-41-54(42-49-60)55(61)52-58(45-38-33-28-23-18-13-8-3)46-39-34-29-24-19-14-9-4/h54H,6-53H2,1-5H3. The van der Waals surface area contributed by atoms with Crippen molar-refractivity contribution in [3.63, 3.8) is 0 Å². The molecule has 0 atom stereocenters. The van der Waals surface area contributed by atoms with Gasteiger partial charge in [0.2, 0.25) is 5.91 Å². The van der Waals surface area contributed by atoms with Crippen molar-refractivity contribution >= 4 is 11.7 Å². The molecule has 1 aliphatic heterocycles. The minimum absolute atomic E-state index is 0.111. The Morgan fingerprint density at radius 2 is 0.597 bits per heavy atom. The average Bonchev–Trinajstić information content (AvgIpc) is 3.28. The lowest BCUT2D eigenvalue weighted by Crippen LogP contribution is -2.47. The molecule has 0 unspecified atom stereocenters. The first-order valence-corrected chi connectivity index (χ1v) is 28.5. The Labute approximate surface area is 389 Å². The first kappa shape index (κ1) is 59.0. The summed E-state index contributed by atoms with van der Waals surface area (Å²) in [5.41, 5.74) is 0. The van der Waals surface area contributed by atoms with Crippen LogP contribution in [0.3, 0.4) is 0 Å². The Hall–Kier alpha value is -0.980. The Bertz CT molecular complexity index is 916. The number of likely N-dealkylation sites (tertiary alicyclic amines) is 1. The quantitative estimate of drug-likeness (QED) is 0.0570. The molecule has 1 saturated heterocycles. The van der Waals surface area contributed by atoms with Gasteiger partial charge in [0.15, 0.2) is 0 Å². The van der Waals surface area contributed by atoms with Crippen molar-refractivity contribution in [2.24, 2.45) is 5.92 Å². The Kier molecular flexibility index (Phi) is 43.0. The number of hydrogen-bond acceptors (Lipinski definition) is 5. The predicted molar refractivity (Wildman–Crippen MR) is 274 cm³/mol. The van der Waals surface area contributed by atoms with Gasteiger partial charge in [0.25, 0.3) is 0 Å². The van der Waals surface area contributed by atoms with E-state index in [0.717, 1.165) is 58.7 Å². The van der Waals surface area contributed by atoms with E-state index in [9.17, 15) is 9.59 Å². The van der Waals surface area contributed by atoms with Gasteiger partial charge in [0.1, 0.15) is 5.78 Å². The SMILES string of the molecule is CCCCCCCCCN(CCCCCCCCC)CCN(CCCCCCCCC)CC(=O)N1CCC(C(=O)CN(CCCCCCCCC)CCCCCCCCC)CC1. The molecule has 0 bridgehead atoms. The number of carbonyl (C=O) groups excluding carboxylic acids is 2. The molecule has 0 aromatic heterocycles. The highest BCUT2D eigenvalue weighted by Crippen LogP contribution is 2.21. The van der Waals surface area contributed by atoms with E-state index >= 15 is 0 Å². The van der Waals surface area contributed by atoms with Crippen molar-refractivity contribution in [1.82, 2.24) is 19.6 Å². The zero-order chi connectivity index (χ0) is 45.0. The monoisotopic (exact) mass is 873 g/mol. The summed E-state index contributed by atoms with van der Waals surface area (Å²) >= 11 is 0. The lowest BCUT2D eigenvalue weighted by molar-refractivity contribution is -0.136. The van der Waals surface area contributed by atoms with Crippen LogP contribution in [-0.2, 0) is 9.59 Å². The molecule has 368 valence electrons. The van der Waals surface area contributed by atoms with Crippen LogP contribution in [0.25, 0.3) is 0 Å². The highest BCUT2D eigenvalue weighted by molar-refractivity contribution is 5.84. The van der Waals surface area contributed by atoms with Crippen LogP contribution in [0, 0.1) is 5.92 Å². The van der Waals surface area contributed by atoms with Gasteiger partial charge < -0.3 is 9.80 Å². The number of rotatable bonds is 48. The van der Waals surface area contributed by atoms with E-state index in [1.54, 1.807) is 0 Å². The van der Waals surface area contributed by atoms with Crippen molar-refractivity contribution in [2.75, 3.05) is 72.0 Å². The maximum atomic E-state index is 14.0. The molecule has 1 heterocycles.